The molecule has 0 spiro atoms. The van der Waals surface area contributed by atoms with E-state index in [1.165, 1.54) is 11.8 Å². The maximum Gasteiger partial charge on any atom is 0.277 e. The van der Waals surface area contributed by atoms with E-state index in [1.54, 1.807) is 38.3 Å². The fraction of sp³-hybridized carbons (Fsp3) is 0.286. The van der Waals surface area contributed by atoms with Gasteiger partial charge in [0.15, 0.2) is 11.5 Å². The number of thioether (sulfide) groups is 1. The molecule has 1 heterocycles. The van der Waals surface area contributed by atoms with Crippen LogP contribution in [-0.4, -0.2) is 47.5 Å². The largest absolute Gasteiger partial charge is 0.493 e. The predicted octanol–water partition coefficient (Wildman–Crippen LogP) is 3.89. The summed E-state index contributed by atoms with van der Waals surface area (Å²) in [7, 11) is 4.93. The molecule has 3 aromatic rings. The highest BCUT2D eigenvalue weighted by Gasteiger charge is 2.22. The van der Waals surface area contributed by atoms with Gasteiger partial charge in [0.1, 0.15) is 0 Å². The zero-order valence-electron chi connectivity index (χ0n) is 16.8. The molecule has 2 aromatic carbocycles. The molecule has 1 aromatic heterocycles. The highest BCUT2D eigenvalue weighted by Crippen LogP contribution is 2.33. The summed E-state index contributed by atoms with van der Waals surface area (Å²) in [5.41, 5.74) is 1.79. The molecule has 0 aliphatic heterocycles. The number of benzene rings is 2. The molecule has 152 valence electrons. The van der Waals surface area contributed by atoms with E-state index in [1.807, 2.05) is 43.3 Å². The summed E-state index contributed by atoms with van der Waals surface area (Å²) in [6.45, 7) is 2.38. The lowest BCUT2D eigenvalue weighted by atomic mass is 10.2. The molecule has 0 radical (unpaired) electrons. The number of hydrogen-bond donors (Lipinski definition) is 0. The maximum atomic E-state index is 12.7. The van der Waals surface area contributed by atoms with Gasteiger partial charge < -0.3 is 18.8 Å². The molecular formula is C21H23N3O4S. The fourth-order valence-electron chi connectivity index (χ4n) is 2.79. The van der Waals surface area contributed by atoms with Crippen LogP contribution in [0.2, 0.25) is 0 Å². The zero-order chi connectivity index (χ0) is 20.8. The summed E-state index contributed by atoms with van der Waals surface area (Å²) in [4.78, 5) is 14.4. The molecule has 7 nitrogen and oxygen atoms in total. The van der Waals surface area contributed by atoms with E-state index in [9.17, 15) is 4.79 Å². The Bertz CT molecular complexity index is 962. The number of hydrogen-bond acceptors (Lipinski definition) is 7. The number of aromatic nitrogens is 2. The normalized spacial score (nSPS) is 11.7. The van der Waals surface area contributed by atoms with Gasteiger partial charge in [0, 0.05) is 19.2 Å². The number of amides is 1. The van der Waals surface area contributed by atoms with Crippen molar-refractivity contribution in [2.45, 2.75) is 23.9 Å². The van der Waals surface area contributed by atoms with Gasteiger partial charge in [-0.1, -0.05) is 42.1 Å². The van der Waals surface area contributed by atoms with Gasteiger partial charge in [-0.15, -0.1) is 10.2 Å². The van der Waals surface area contributed by atoms with Crippen LogP contribution in [0.3, 0.4) is 0 Å². The number of carbonyl (C=O) groups excluding carboxylic acids is 1. The predicted molar refractivity (Wildman–Crippen MR) is 111 cm³/mol. The second-order valence-electron chi connectivity index (χ2n) is 6.38. The minimum atomic E-state index is -0.359. The van der Waals surface area contributed by atoms with Gasteiger partial charge >= 0.3 is 0 Å². The second kappa shape index (κ2) is 9.47. The topological polar surface area (TPSA) is 77.7 Å². The van der Waals surface area contributed by atoms with Crippen LogP contribution < -0.4 is 9.47 Å². The summed E-state index contributed by atoms with van der Waals surface area (Å²) < 4.78 is 16.3. The summed E-state index contributed by atoms with van der Waals surface area (Å²) >= 11 is 1.24. The van der Waals surface area contributed by atoms with Gasteiger partial charge in [0.2, 0.25) is 11.8 Å². The molecule has 0 aliphatic rings. The molecule has 0 N–H and O–H groups in total. The van der Waals surface area contributed by atoms with Crippen LogP contribution >= 0.6 is 11.8 Å². The van der Waals surface area contributed by atoms with Crippen LogP contribution in [-0.2, 0) is 11.3 Å². The van der Waals surface area contributed by atoms with E-state index in [0.717, 1.165) is 5.56 Å². The first-order valence-corrected chi connectivity index (χ1v) is 9.91. The highest BCUT2D eigenvalue weighted by atomic mass is 32.2. The number of ether oxygens (including phenoxy) is 2. The molecular weight excluding hydrogens is 390 g/mol. The van der Waals surface area contributed by atoms with E-state index < -0.39 is 0 Å². The standard InChI is InChI=1S/C21H23N3O4S/c1-14(20(25)24(2)13-15-8-6-5-7-9-15)29-21-23-22-19(28-21)16-10-11-17(26-3)18(12-16)27-4/h5-12,14H,13H2,1-4H3/t14-/m0/s1. The van der Waals surface area contributed by atoms with E-state index in [4.69, 9.17) is 13.9 Å². The average molecular weight is 413 g/mol. The molecule has 1 amide bonds. The Kier molecular flexibility index (Phi) is 6.77. The van der Waals surface area contributed by atoms with Crippen molar-refractivity contribution in [2.75, 3.05) is 21.3 Å². The van der Waals surface area contributed by atoms with E-state index in [0.29, 0.717) is 34.7 Å². The molecule has 8 heteroatoms. The first-order chi connectivity index (χ1) is 14.0. The Labute approximate surface area is 174 Å². The lowest BCUT2D eigenvalue weighted by molar-refractivity contribution is -0.129. The van der Waals surface area contributed by atoms with Crippen molar-refractivity contribution in [1.82, 2.24) is 15.1 Å². The first-order valence-electron chi connectivity index (χ1n) is 9.03. The van der Waals surface area contributed by atoms with Crippen molar-refractivity contribution in [3.8, 4) is 23.0 Å². The Morgan fingerprint density at radius 1 is 1.10 bits per heavy atom. The summed E-state index contributed by atoms with van der Waals surface area (Å²) in [6.07, 6.45) is 0. The minimum Gasteiger partial charge on any atom is -0.493 e. The van der Waals surface area contributed by atoms with Crippen molar-refractivity contribution >= 4 is 17.7 Å². The highest BCUT2D eigenvalue weighted by molar-refractivity contribution is 8.00. The third kappa shape index (κ3) is 5.08. The van der Waals surface area contributed by atoms with Crippen molar-refractivity contribution in [2.24, 2.45) is 0 Å². The third-order valence-corrected chi connectivity index (χ3v) is 5.22. The monoisotopic (exact) mass is 413 g/mol. The van der Waals surface area contributed by atoms with Gasteiger partial charge in [0.05, 0.1) is 19.5 Å². The number of carbonyl (C=O) groups is 1. The van der Waals surface area contributed by atoms with Crippen LogP contribution in [0, 0.1) is 0 Å². The lowest BCUT2D eigenvalue weighted by Gasteiger charge is -2.20. The van der Waals surface area contributed by atoms with Crippen molar-refractivity contribution in [3.05, 3.63) is 54.1 Å². The molecule has 0 saturated heterocycles. The minimum absolute atomic E-state index is 0.00952. The molecule has 1 atom stereocenters. The maximum absolute atomic E-state index is 12.7. The molecule has 0 bridgehead atoms. The molecule has 0 unspecified atom stereocenters. The summed E-state index contributed by atoms with van der Waals surface area (Å²) in [5.74, 6) is 1.53. The zero-order valence-corrected chi connectivity index (χ0v) is 17.6. The fourth-order valence-corrected chi connectivity index (χ4v) is 3.59. The number of rotatable bonds is 8. The first kappa shape index (κ1) is 20.7. The Balaban J connectivity index is 1.65. The molecule has 3 rings (SSSR count). The Hall–Kier alpha value is -3.00. The van der Waals surface area contributed by atoms with Crippen molar-refractivity contribution in [3.63, 3.8) is 0 Å². The second-order valence-corrected chi connectivity index (χ2v) is 7.67. The van der Waals surface area contributed by atoms with Crippen LogP contribution in [0.15, 0.2) is 58.2 Å². The van der Waals surface area contributed by atoms with E-state index in [-0.39, 0.29) is 11.2 Å². The average Bonchev–Trinajstić information content (AvgIpc) is 3.21. The van der Waals surface area contributed by atoms with Crippen molar-refractivity contribution in [1.29, 1.82) is 0 Å². The smallest absolute Gasteiger partial charge is 0.277 e. The Morgan fingerprint density at radius 2 is 1.83 bits per heavy atom. The van der Waals surface area contributed by atoms with Gasteiger partial charge in [0.25, 0.3) is 5.22 Å². The SMILES string of the molecule is COc1ccc(-c2nnc(S[C@@H](C)C(=O)N(C)Cc3ccccc3)o2)cc1OC. The molecule has 0 aliphatic carbocycles. The Morgan fingerprint density at radius 3 is 2.52 bits per heavy atom. The third-order valence-electron chi connectivity index (χ3n) is 4.30. The quantitative estimate of drug-likeness (QED) is 0.518. The van der Waals surface area contributed by atoms with Crippen LogP contribution in [0.1, 0.15) is 12.5 Å². The van der Waals surface area contributed by atoms with E-state index >= 15 is 0 Å². The van der Waals surface area contributed by atoms with Crippen molar-refractivity contribution < 1.29 is 18.7 Å². The lowest BCUT2D eigenvalue weighted by Crippen LogP contribution is -2.32. The van der Waals surface area contributed by atoms with Gasteiger partial charge in [-0.2, -0.15) is 0 Å². The summed E-state index contributed by atoms with van der Waals surface area (Å²) in [5, 5.41) is 8.12. The molecule has 0 fully saturated rings. The van der Waals surface area contributed by atoms with Crippen LogP contribution in [0.25, 0.3) is 11.5 Å². The van der Waals surface area contributed by atoms with Gasteiger partial charge in [-0.25, -0.2) is 0 Å². The van der Waals surface area contributed by atoms with Crippen LogP contribution in [0.4, 0.5) is 0 Å². The molecule has 29 heavy (non-hydrogen) atoms. The summed E-state index contributed by atoms with van der Waals surface area (Å²) in [6, 6.07) is 15.2. The van der Waals surface area contributed by atoms with Crippen LogP contribution in [0.5, 0.6) is 11.5 Å². The number of nitrogens with zero attached hydrogens (tertiary/aromatic N) is 3. The van der Waals surface area contributed by atoms with Gasteiger partial charge in [-0.3, -0.25) is 4.79 Å². The molecule has 0 saturated carbocycles. The van der Waals surface area contributed by atoms with Gasteiger partial charge in [-0.05, 0) is 30.7 Å². The van der Waals surface area contributed by atoms with E-state index in [2.05, 4.69) is 10.2 Å². The number of methoxy groups -OCH3 is 2.